The minimum absolute atomic E-state index is 0.0178. The van der Waals surface area contributed by atoms with Gasteiger partial charge in [-0.2, -0.15) is 0 Å². The summed E-state index contributed by atoms with van der Waals surface area (Å²) in [5.41, 5.74) is 1.87. The molecule has 1 N–H and O–H groups in total. The van der Waals surface area contributed by atoms with Crippen LogP contribution in [-0.2, 0) is 25.7 Å². The third-order valence-electron chi connectivity index (χ3n) is 5.01. The maximum Gasteiger partial charge on any atom is 0.326 e. The summed E-state index contributed by atoms with van der Waals surface area (Å²) in [5, 5.41) is 2.95. The van der Waals surface area contributed by atoms with Crippen LogP contribution in [0.4, 0.5) is 14.9 Å². The quantitative estimate of drug-likeness (QED) is 0.404. The summed E-state index contributed by atoms with van der Waals surface area (Å²) in [7, 11) is 0. The van der Waals surface area contributed by atoms with Gasteiger partial charge in [0.2, 0.25) is 5.91 Å². The Labute approximate surface area is 198 Å². The molecule has 0 bridgehead atoms. The lowest BCUT2D eigenvalue weighted by Gasteiger charge is -2.10. The van der Waals surface area contributed by atoms with Crippen LogP contribution in [0.2, 0.25) is 0 Å². The lowest BCUT2D eigenvalue weighted by Crippen LogP contribution is -2.34. The number of esters is 1. The zero-order chi connectivity index (χ0) is 24.2. The van der Waals surface area contributed by atoms with Crippen LogP contribution < -0.4 is 5.32 Å². The summed E-state index contributed by atoms with van der Waals surface area (Å²) in [5.74, 6) is -1.94. The molecule has 1 fully saturated rings. The number of anilines is 1. The SMILES string of the molecule is CCOC(=O)CN1C(=O)S/C(=C/c2cn(CC(=O)Nc3ccc(F)cc3)c3ccccc23)C1=O. The number of carbonyl (C=O) groups excluding carboxylic acids is 4. The van der Waals surface area contributed by atoms with Crippen molar-refractivity contribution < 1.29 is 28.3 Å². The standard InChI is InChI=1S/C24H20FN3O5S/c1-2-33-22(30)14-28-23(31)20(34-24(28)32)11-15-12-27(19-6-4-3-5-18(15)19)13-21(29)26-17-9-7-16(25)8-10-17/h3-12H,2,13-14H2,1H3,(H,26,29)/b20-11+. The largest absolute Gasteiger partial charge is 0.465 e. The van der Waals surface area contributed by atoms with Crippen LogP contribution in [0, 0.1) is 5.82 Å². The Balaban J connectivity index is 1.57. The smallest absolute Gasteiger partial charge is 0.326 e. The lowest BCUT2D eigenvalue weighted by molar-refractivity contribution is -0.146. The molecule has 8 nitrogen and oxygen atoms in total. The van der Waals surface area contributed by atoms with E-state index in [1.165, 1.54) is 24.3 Å². The highest BCUT2D eigenvalue weighted by Gasteiger charge is 2.36. The second-order valence-electron chi connectivity index (χ2n) is 7.36. The van der Waals surface area contributed by atoms with E-state index >= 15 is 0 Å². The summed E-state index contributed by atoms with van der Waals surface area (Å²) in [4.78, 5) is 50.3. The molecule has 4 rings (SSSR count). The number of ether oxygens (including phenoxy) is 1. The van der Waals surface area contributed by atoms with Crippen LogP contribution in [-0.4, -0.2) is 45.6 Å². The van der Waals surface area contributed by atoms with E-state index in [0.29, 0.717) is 11.3 Å². The van der Waals surface area contributed by atoms with E-state index in [1.807, 2.05) is 24.3 Å². The Morgan fingerprint density at radius 3 is 2.56 bits per heavy atom. The van der Waals surface area contributed by atoms with Crippen LogP contribution in [0.1, 0.15) is 12.5 Å². The number of thioether (sulfide) groups is 1. The average Bonchev–Trinajstić information content (AvgIpc) is 3.27. The number of hydrogen-bond donors (Lipinski definition) is 1. The molecular formula is C24H20FN3O5S. The van der Waals surface area contributed by atoms with Crippen LogP contribution in [0.25, 0.3) is 17.0 Å². The van der Waals surface area contributed by atoms with Crippen molar-refractivity contribution in [3.63, 3.8) is 0 Å². The number of nitrogens with zero attached hydrogens (tertiary/aromatic N) is 2. The molecule has 1 aromatic heterocycles. The summed E-state index contributed by atoms with van der Waals surface area (Å²) >= 11 is 0.743. The van der Waals surface area contributed by atoms with Gasteiger partial charge >= 0.3 is 5.97 Å². The number of fused-ring (bicyclic) bond motifs is 1. The Hall–Kier alpha value is -3.92. The zero-order valence-corrected chi connectivity index (χ0v) is 18.9. The Morgan fingerprint density at radius 1 is 1.09 bits per heavy atom. The van der Waals surface area contributed by atoms with Crippen molar-refractivity contribution in [2.75, 3.05) is 18.5 Å². The lowest BCUT2D eigenvalue weighted by atomic mass is 10.1. The normalized spacial score (nSPS) is 14.8. The zero-order valence-electron chi connectivity index (χ0n) is 18.1. The van der Waals surface area contributed by atoms with E-state index in [1.54, 1.807) is 23.8 Å². The minimum atomic E-state index is -0.658. The Kier molecular flexibility index (Phi) is 6.78. The number of rotatable bonds is 7. The summed E-state index contributed by atoms with van der Waals surface area (Å²) in [6.45, 7) is 1.33. The first-order chi connectivity index (χ1) is 16.4. The highest BCUT2D eigenvalue weighted by Crippen LogP contribution is 2.34. The van der Waals surface area contributed by atoms with Crippen molar-refractivity contribution in [3.05, 3.63) is 71.0 Å². The minimum Gasteiger partial charge on any atom is -0.465 e. The van der Waals surface area contributed by atoms with Gasteiger partial charge in [0, 0.05) is 28.4 Å². The number of halogens is 1. The Bertz CT molecular complexity index is 1320. The van der Waals surface area contributed by atoms with Crippen LogP contribution in [0.3, 0.4) is 0 Å². The molecule has 2 aromatic carbocycles. The summed E-state index contributed by atoms with van der Waals surface area (Å²) in [6.07, 6.45) is 3.29. The molecule has 0 aliphatic carbocycles. The van der Waals surface area contributed by atoms with E-state index in [4.69, 9.17) is 4.74 Å². The number of para-hydroxylation sites is 1. The number of aromatic nitrogens is 1. The second kappa shape index (κ2) is 9.92. The van der Waals surface area contributed by atoms with Crippen LogP contribution in [0.15, 0.2) is 59.6 Å². The maximum absolute atomic E-state index is 13.1. The van der Waals surface area contributed by atoms with Gasteiger partial charge in [0.1, 0.15) is 18.9 Å². The van der Waals surface area contributed by atoms with Crippen molar-refractivity contribution in [2.45, 2.75) is 13.5 Å². The molecule has 1 aliphatic rings. The van der Waals surface area contributed by atoms with Crippen molar-refractivity contribution >= 4 is 57.5 Å². The first-order valence-corrected chi connectivity index (χ1v) is 11.2. The van der Waals surface area contributed by atoms with Gasteiger partial charge in [-0.1, -0.05) is 18.2 Å². The van der Waals surface area contributed by atoms with Gasteiger partial charge in [0.05, 0.1) is 11.5 Å². The molecule has 10 heteroatoms. The molecule has 0 radical (unpaired) electrons. The van der Waals surface area contributed by atoms with E-state index < -0.39 is 29.5 Å². The van der Waals surface area contributed by atoms with Gasteiger partial charge < -0.3 is 14.6 Å². The molecule has 0 unspecified atom stereocenters. The molecule has 2 heterocycles. The van der Waals surface area contributed by atoms with Crippen LogP contribution in [0.5, 0.6) is 0 Å². The number of hydrogen-bond acceptors (Lipinski definition) is 6. The number of imide groups is 1. The molecule has 0 spiro atoms. The molecule has 34 heavy (non-hydrogen) atoms. The number of benzene rings is 2. The summed E-state index contributed by atoms with van der Waals surface area (Å²) in [6, 6.07) is 12.8. The first-order valence-electron chi connectivity index (χ1n) is 10.4. The van der Waals surface area contributed by atoms with E-state index in [9.17, 15) is 23.6 Å². The fraction of sp³-hybridized carbons (Fsp3) is 0.167. The van der Waals surface area contributed by atoms with Gasteiger partial charge in [-0.25, -0.2) is 4.39 Å². The highest BCUT2D eigenvalue weighted by molar-refractivity contribution is 8.18. The molecule has 1 aliphatic heterocycles. The van der Waals surface area contributed by atoms with Crippen molar-refractivity contribution in [2.24, 2.45) is 0 Å². The highest BCUT2D eigenvalue weighted by atomic mass is 32.2. The van der Waals surface area contributed by atoms with E-state index in [0.717, 1.165) is 27.6 Å². The molecule has 3 aromatic rings. The predicted octanol–water partition coefficient (Wildman–Crippen LogP) is 4.02. The maximum atomic E-state index is 13.1. The molecule has 3 amide bonds. The Morgan fingerprint density at radius 2 is 1.82 bits per heavy atom. The summed E-state index contributed by atoms with van der Waals surface area (Å²) < 4.78 is 19.6. The van der Waals surface area contributed by atoms with Gasteiger partial charge in [-0.15, -0.1) is 0 Å². The van der Waals surface area contributed by atoms with Gasteiger partial charge in [0.25, 0.3) is 11.1 Å². The van der Waals surface area contributed by atoms with Gasteiger partial charge in [-0.3, -0.25) is 24.1 Å². The molecular weight excluding hydrogens is 461 g/mol. The fourth-order valence-electron chi connectivity index (χ4n) is 3.52. The van der Waals surface area contributed by atoms with Gasteiger partial charge in [0.15, 0.2) is 0 Å². The van der Waals surface area contributed by atoms with Gasteiger partial charge in [-0.05, 0) is 55.1 Å². The molecule has 174 valence electrons. The second-order valence-corrected chi connectivity index (χ2v) is 8.35. The van der Waals surface area contributed by atoms with E-state index in [2.05, 4.69) is 5.32 Å². The van der Waals surface area contributed by atoms with Crippen LogP contribution >= 0.6 is 11.8 Å². The topological polar surface area (TPSA) is 97.7 Å². The number of carbonyl (C=O) groups is 4. The monoisotopic (exact) mass is 481 g/mol. The van der Waals surface area contributed by atoms with E-state index in [-0.39, 0.29) is 24.0 Å². The average molecular weight is 482 g/mol. The molecule has 1 saturated heterocycles. The number of amides is 3. The predicted molar refractivity (Wildman–Crippen MR) is 126 cm³/mol. The molecule has 0 atom stereocenters. The molecule has 0 saturated carbocycles. The van der Waals surface area contributed by atoms with Crippen molar-refractivity contribution in [1.29, 1.82) is 0 Å². The van der Waals surface area contributed by atoms with Crippen molar-refractivity contribution in [1.82, 2.24) is 9.47 Å². The fourth-order valence-corrected chi connectivity index (χ4v) is 4.35. The third-order valence-corrected chi connectivity index (χ3v) is 5.92. The van der Waals surface area contributed by atoms with Crippen molar-refractivity contribution in [3.8, 4) is 0 Å². The third kappa shape index (κ3) is 5.01. The number of nitrogens with one attached hydrogen (secondary N) is 1. The first kappa shape index (κ1) is 23.2.